The second-order valence-corrected chi connectivity index (χ2v) is 7.36. The number of carbonyl (C=O) groups excluding carboxylic acids is 1. The number of hydrogen-bond donors (Lipinski definition) is 1. The molecule has 1 N–H and O–H groups in total. The smallest absolute Gasteiger partial charge is 0.407 e. The van der Waals surface area contributed by atoms with Crippen molar-refractivity contribution in [2.75, 3.05) is 5.32 Å². The molecule has 1 saturated carbocycles. The predicted molar refractivity (Wildman–Crippen MR) is 108 cm³/mol. The van der Waals surface area contributed by atoms with Crippen LogP contribution >= 0.6 is 11.6 Å². The summed E-state index contributed by atoms with van der Waals surface area (Å²) in [6.07, 6.45) is 2.14. The van der Waals surface area contributed by atoms with E-state index in [4.69, 9.17) is 21.3 Å². The molecule has 0 spiro atoms. The molecule has 1 aliphatic rings. The lowest BCUT2D eigenvalue weighted by Gasteiger charge is -2.09. The number of nitrogens with zero attached hydrogens (tertiary/aromatic N) is 3. The van der Waals surface area contributed by atoms with E-state index in [1.807, 2.05) is 6.07 Å². The van der Waals surface area contributed by atoms with Gasteiger partial charge in [-0.3, -0.25) is 4.79 Å². The van der Waals surface area contributed by atoms with Crippen LogP contribution in [0.2, 0.25) is 5.02 Å². The fourth-order valence-corrected chi connectivity index (χ4v) is 3.72. The Labute approximate surface area is 169 Å². The van der Waals surface area contributed by atoms with Gasteiger partial charge in [0.25, 0.3) is 0 Å². The van der Waals surface area contributed by atoms with Crippen molar-refractivity contribution in [2.45, 2.75) is 6.42 Å². The predicted octanol–water partition coefficient (Wildman–Crippen LogP) is 3.88. The van der Waals surface area contributed by atoms with Gasteiger partial charge in [-0.05, 0) is 42.1 Å². The van der Waals surface area contributed by atoms with Crippen LogP contribution in [0.3, 0.4) is 0 Å². The highest BCUT2D eigenvalue weighted by Crippen LogP contribution is 2.38. The van der Waals surface area contributed by atoms with E-state index in [1.165, 1.54) is 4.57 Å². The molecule has 0 saturated heterocycles. The van der Waals surface area contributed by atoms with Gasteiger partial charge in [0, 0.05) is 11.6 Å². The van der Waals surface area contributed by atoms with E-state index in [2.05, 4.69) is 16.4 Å². The van der Waals surface area contributed by atoms with Crippen LogP contribution in [0, 0.1) is 23.2 Å². The van der Waals surface area contributed by atoms with E-state index in [0.29, 0.717) is 44.8 Å². The Morgan fingerprint density at radius 1 is 1.31 bits per heavy atom. The Hall–Kier alpha value is -3.63. The number of anilines is 1. The summed E-state index contributed by atoms with van der Waals surface area (Å²) in [6, 6.07) is 14.4. The molecule has 0 radical (unpaired) electrons. The molecule has 5 rings (SSSR count). The number of benzene rings is 2. The second-order valence-electron chi connectivity index (χ2n) is 6.96. The largest absolute Gasteiger partial charge is 0.424 e. The number of halogens is 1. The third-order valence-corrected chi connectivity index (χ3v) is 5.37. The SMILES string of the molecule is N#CC1CC1C(=O)Nc1cc2cc(-n3c(=O)oc4ccccc43)cc(Cl)c2cn1. The highest BCUT2D eigenvalue weighted by atomic mass is 35.5. The number of carbonyl (C=O) groups is 1. The van der Waals surface area contributed by atoms with Crippen LogP contribution in [-0.2, 0) is 4.79 Å². The van der Waals surface area contributed by atoms with Crippen molar-refractivity contribution in [3.05, 3.63) is 64.2 Å². The summed E-state index contributed by atoms with van der Waals surface area (Å²) in [5.41, 5.74) is 1.66. The first-order valence-corrected chi connectivity index (χ1v) is 9.33. The van der Waals surface area contributed by atoms with Gasteiger partial charge in [-0.15, -0.1) is 0 Å². The molecule has 2 aromatic heterocycles. The molecule has 4 aromatic rings. The van der Waals surface area contributed by atoms with Crippen molar-refractivity contribution in [1.29, 1.82) is 5.26 Å². The van der Waals surface area contributed by atoms with E-state index in [0.717, 1.165) is 0 Å². The standard InChI is InChI=1S/C21H13ClN4O3/c22-16-8-13(26-17-3-1-2-4-18(17)29-21(26)28)5-11-7-19(24-10-15(11)16)25-20(27)14-6-12(14)9-23/h1-5,7-8,10,12,14H,6H2,(H,24,25,27). The lowest BCUT2D eigenvalue weighted by atomic mass is 10.1. The summed E-state index contributed by atoms with van der Waals surface area (Å²) in [4.78, 5) is 28.8. The van der Waals surface area contributed by atoms with E-state index in [1.54, 1.807) is 42.6 Å². The zero-order valence-electron chi connectivity index (χ0n) is 14.9. The number of aromatic nitrogens is 2. The Morgan fingerprint density at radius 3 is 2.93 bits per heavy atom. The van der Waals surface area contributed by atoms with E-state index in [-0.39, 0.29) is 17.7 Å². The lowest BCUT2D eigenvalue weighted by molar-refractivity contribution is -0.117. The molecule has 1 fully saturated rings. The summed E-state index contributed by atoms with van der Waals surface area (Å²) < 4.78 is 6.75. The van der Waals surface area contributed by atoms with E-state index < -0.39 is 5.76 Å². The minimum Gasteiger partial charge on any atom is -0.407 e. The van der Waals surface area contributed by atoms with Gasteiger partial charge in [-0.25, -0.2) is 14.3 Å². The number of oxazole rings is 1. The van der Waals surface area contributed by atoms with Gasteiger partial charge in [0.15, 0.2) is 5.58 Å². The van der Waals surface area contributed by atoms with E-state index in [9.17, 15) is 9.59 Å². The van der Waals surface area contributed by atoms with Gasteiger partial charge in [-0.1, -0.05) is 23.7 Å². The van der Waals surface area contributed by atoms with Crippen LogP contribution in [0.1, 0.15) is 6.42 Å². The van der Waals surface area contributed by atoms with Crippen molar-refractivity contribution in [3.63, 3.8) is 0 Å². The van der Waals surface area contributed by atoms with Crippen LogP contribution in [0.4, 0.5) is 5.82 Å². The summed E-state index contributed by atoms with van der Waals surface area (Å²) in [6.45, 7) is 0. The second kappa shape index (κ2) is 6.47. The fourth-order valence-electron chi connectivity index (χ4n) is 3.45. The molecule has 2 unspecified atom stereocenters. The molecule has 142 valence electrons. The lowest BCUT2D eigenvalue weighted by Crippen LogP contribution is -2.15. The fraction of sp³-hybridized carbons (Fsp3) is 0.143. The molecule has 0 bridgehead atoms. The number of pyridine rings is 1. The van der Waals surface area contributed by atoms with Crippen LogP contribution in [0.25, 0.3) is 27.6 Å². The molecule has 2 aromatic carbocycles. The first-order chi connectivity index (χ1) is 14.0. The molecular formula is C21H13ClN4O3. The minimum atomic E-state index is -0.513. The normalized spacial score (nSPS) is 17.9. The maximum atomic E-state index is 12.4. The van der Waals surface area contributed by atoms with Crippen molar-refractivity contribution < 1.29 is 9.21 Å². The van der Waals surface area contributed by atoms with Gasteiger partial charge in [-0.2, -0.15) is 5.26 Å². The van der Waals surface area contributed by atoms with Gasteiger partial charge >= 0.3 is 5.76 Å². The van der Waals surface area contributed by atoms with Gasteiger partial charge in [0.05, 0.1) is 34.1 Å². The van der Waals surface area contributed by atoms with Gasteiger partial charge < -0.3 is 9.73 Å². The van der Waals surface area contributed by atoms with E-state index >= 15 is 0 Å². The topological polar surface area (TPSA) is 101 Å². The average Bonchev–Trinajstić information content (AvgIpc) is 3.42. The molecule has 2 heterocycles. The summed E-state index contributed by atoms with van der Waals surface area (Å²) in [5, 5.41) is 13.5. The monoisotopic (exact) mass is 404 g/mol. The van der Waals surface area contributed by atoms with Crippen molar-refractivity contribution in [1.82, 2.24) is 9.55 Å². The number of rotatable bonds is 3. The minimum absolute atomic E-state index is 0.220. The van der Waals surface area contributed by atoms with Crippen LogP contribution < -0.4 is 11.1 Å². The first kappa shape index (κ1) is 17.5. The van der Waals surface area contributed by atoms with Crippen LogP contribution in [-0.4, -0.2) is 15.5 Å². The van der Waals surface area contributed by atoms with Crippen LogP contribution in [0.5, 0.6) is 0 Å². The number of nitrogens with one attached hydrogen (secondary N) is 1. The summed E-state index contributed by atoms with van der Waals surface area (Å²) in [7, 11) is 0. The van der Waals surface area contributed by atoms with Crippen molar-refractivity contribution in [2.24, 2.45) is 11.8 Å². The molecular weight excluding hydrogens is 392 g/mol. The average molecular weight is 405 g/mol. The molecule has 1 aliphatic carbocycles. The third-order valence-electron chi connectivity index (χ3n) is 5.06. The molecule has 2 atom stereocenters. The zero-order valence-corrected chi connectivity index (χ0v) is 15.7. The third kappa shape index (κ3) is 2.94. The number of nitriles is 1. The quantitative estimate of drug-likeness (QED) is 0.558. The Balaban J connectivity index is 1.58. The Morgan fingerprint density at radius 2 is 2.14 bits per heavy atom. The number of fused-ring (bicyclic) bond motifs is 2. The van der Waals surface area contributed by atoms with Crippen molar-refractivity contribution in [3.8, 4) is 11.8 Å². The number of amides is 1. The maximum Gasteiger partial charge on any atom is 0.424 e. The maximum absolute atomic E-state index is 12.4. The molecule has 1 amide bonds. The molecule has 7 nitrogen and oxygen atoms in total. The van der Waals surface area contributed by atoms with Gasteiger partial charge in [0.2, 0.25) is 5.91 Å². The Bertz CT molecular complexity index is 1400. The first-order valence-electron chi connectivity index (χ1n) is 8.96. The van der Waals surface area contributed by atoms with Crippen LogP contribution in [0.15, 0.2) is 57.9 Å². The summed E-state index contributed by atoms with van der Waals surface area (Å²) in [5.74, 6) is -0.882. The Kier molecular flexibility index (Phi) is 3.89. The zero-order chi connectivity index (χ0) is 20.1. The molecule has 29 heavy (non-hydrogen) atoms. The highest BCUT2D eigenvalue weighted by molar-refractivity contribution is 6.35. The summed E-state index contributed by atoms with van der Waals surface area (Å²) >= 11 is 6.43. The highest BCUT2D eigenvalue weighted by Gasteiger charge is 2.43. The molecule has 0 aliphatic heterocycles. The number of para-hydroxylation sites is 2. The molecule has 8 heteroatoms. The van der Waals surface area contributed by atoms with Gasteiger partial charge in [0.1, 0.15) is 5.82 Å². The number of hydrogen-bond acceptors (Lipinski definition) is 5. The van der Waals surface area contributed by atoms with Crippen molar-refractivity contribution >= 4 is 45.2 Å².